The molecule has 20 heavy (non-hydrogen) atoms. The summed E-state index contributed by atoms with van der Waals surface area (Å²) in [6.07, 6.45) is 6.52. The number of rotatable bonds is 7. The predicted molar refractivity (Wildman–Crippen MR) is 84.1 cm³/mol. The molecule has 3 nitrogen and oxygen atoms in total. The van der Waals surface area contributed by atoms with E-state index in [1.54, 1.807) is 0 Å². The van der Waals surface area contributed by atoms with Gasteiger partial charge in [0.25, 0.3) is 0 Å². The van der Waals surface area contributed by atoms with E-state index in [1.807, 2.05) is 29.1 Å². The molecule has 0 radical (unpaired) electrons. The molecule has 0 aliphatic heterocycles. The normalized spacial score (nSPS) is 12.8. The second-order valence-electron chi connectivity index (χ2n) is 5.17. The van der Waals surface area contributed by atoms with Crippen LogP contribution in [0.3, 0.4) is 0 Å². The lowest BCUT2D eigenvalue weighted by molar-refractivity contribution is 0.346. The zero-order chi connectivity index (χ0) is 14.4. The maximum Gasteiger partial charge on any atom is 0.0645 e. The van der Waals surface area contributed by atoms with Crippen LogP contribution < -0.4 is 5.32 Å². The van der Waals surface area contributed by atoms with Gasteiger partial charge in [0.05, 0.1) is 11.9 Å². The van der Waals surface area contributed by atoms with Gasteiger partial charge in [0.1, 0.15) is 0 Å². The Morgan fingerprint density at radius 1 is 1.10 bits per heavy atom. The molecule has 0 bridgehead atoms. The Labute approximate surface area is 122 Å². The molecule has 1 unspecified atom stereocenters. The number of benzene rings is 1. The number of nitrogens with one attached hydrogen (secondary N) is 1. The minimum atomic E-state index is 0.396. The van der Waals surface area contributed by atoms with Crippen LogP contribution in [-0.4, -0.2) is 16.3 Å². The van der Waals surface area contributed by atoms with Gasteiger partial charge in [-0.2, -0.15) is 5.10 Å². The first-order chi connectivity index (χ1) is 9.80. The number of hydrogen-bond donors (Lipinski definition) is 1. The van der Waals surface area contributed by atoms with Crippen LogP contribution in [0.5, 0.6) is 0 Å². The topological polar surface area (TPSA) is 29.9 Å². The summed E-state index contributed by atoms with van der Waals surface area (Å²) in [5.41, 5.74) is 2.39. The summed E-state index contributed by atoms with van der Waals surface area (Å²) < 4.78 is 1.96. The highest BCUT2D eigenvalue weighted by molar-refractivity contribution is 5.31. The van der Waals surface area contributed by atoms with Gasteiger partial charge in [0.2, 0.25) is 0 Å². The average molecular weight is 271 g/mol. The predicted octanol–water partition coefficient (Wildman–Crippen LogP) is 3.96. The Bertz CT molecular complexity index is 500. The molecule has 2 rings (SSSR count). The largest absolute Gasteiger partial charge is 0.310 e. The zero-order valence-electron chi connectivity index (χ0n) is 12.7. The lowest BCUT2D eigenvalue weighted by Crippen LogP contribution is -2.27. The van der Waals surface area contributed by atoms with Crippen molar-refractivity contribution in [3.05, 3.63) is 48.3 Å². The van der Waals surface area contributed by atoms with Crippen LogP contribution >= 0.6 is 0 Å². The molecule has 1 atom stereocenters. The number of hydrogen-bond acceptors (Lipinski definition) is 2. The Hall–Kier alpha value is -1.61. The lowest BCUT2D eigenvalue weighted by atomic mass is 9.90. The van der Waals surface area contributed by atoms with E-state index >= 15 is 0 Å². The van der Waals surface area contributed by atoms with Gasteiger partial charge < -0.3 is 5.32 Å². The maximum atomic E-state index is 4.52. The van der Waals surface area contributed by atoms with Crippen LogP contribution in [0.2, 0.25) is 0 Å². The van der Waals surface area contributed by atoms with E-state index in [9.17, 15) is 0 Å². The molecule has 108 valence electrons. The monoisotopic (exact) mass is 271 g/mol. The third-order valence-electron chi connectivity index (χ3n) is 3.93. The first-order valence-corrected chi connectivity index (χ1v) is 7.63. The van der Waals surface area contributed by atoms with Crippen molar-refractivity contribution < 1.29 is 0 Å². The molecule has 1 N–H and O–H groups in total. The molecule has 1 aromatic carbocycles. The van der Waals surface area contributed by atoms with Crippen LogP contribution in [0.1, 0.15) is 45.2 Å². The van der Waals surface area contributed by atoms with Crippen LogP contribution in [-0.2, 0) is 0 Å². The third-order valence-corrected chi connectivity index (χ3v) is 3.93. The van der Waals surface area contributed by atoms with E-state index in [2.05, 4.69) is 49.5 Å². The minimum absolute atomic E-state index is 0.396. The summed E-state index contributed by atoms with van der Waals surface area (Å²) in [4.78, 5) is 0. The van der Waals surface area contributed by atoms with Crippen LogP contribution in [0, 0.1) is 5.92 Å². The SMILES string of the molecule is CCNC(c1cnn(-c2ccccc2)c1)C(CC)CC. The molecule has 3 heteroatoms. The van der Waals surface area contributed by atoms with Gasteiger partial charge in [-0.25, -0.2) is 4.68 Å². The van der Waals surface area contributed by atoms with E-state index in [0.717, 1.165) is 12.2 Å². The van der Waals surface area contributed by atoms with Crippen LogP contribution in [0.15, 0.2) is 42.7 Å². The Morgan fingerprint density at radius 2 is 1.80 bits per heavy atom. The van der Waals surface area contributed by atoms with Crippen molar-refractivity contribution in [3.8, 4) is 5.69 Å². The van der Waals surface area contributed by atoms with E-state index in [0.29, 0.717) is 12.0 Å². The average Bonchev–Trinajstić information content (AvgIpc) is 2.98. The molecular formula is C17H25N3. The van der Waals surface area contributed by atoms with E-state index in [4.69, 9.17) is 0 Å². The molecule has 2 aromatic rings. The molecule has 1 aromatic heterocycles. The Kier molecular flexibility index (Phi) is 5.36. The molecule has 0 saturated heterocycles. The molecule has 0 fully saturated rings. The van der Waals surface area contributed by atoms with Crippen molar-refractivity contribution in [2.24, 2.45) is 5.92 Å². The van der Waals surface area contributed by atoms with Gasteiger partial charge >= 0.3 is 0 Å². The van der Waals surface area contributed by atoms with Crippen molar-refractivity contribution in [1.29, 1.82) is 0 Å². The van der Waals surface area contributed by atoms with Gasteiger partial charge in [-0.1, -0.05) is 51.8 Å². The fraction of sp³-hybridized carbons (Fsp3) is 0.471. The molecular weight excluding hydrogens is 246 g/mol. The van der Waals surface area contributed by atoms with Crippen molar-refractivity contribution >= 4 is 0 Å². The summed E-state index contributed by atoms with van der Waals surface area (Å²) in [5.74, 6) is 0.656. The molecule has 0 aliphatic rings. The third kappa shape index (κ3) is 3.28. The summed E-state index contributed by atoms with van der Waals surface area (Å²) in [6.45, 7) is 7.68. The molecule has 0 aliphatic carbocycles. The van der Waals surface area contributed by atoms with Gasteiger partial charge in [-0.3, -0.25) is 0 Å². The minimum Gasteiger partial charge on any atom is -0.310 e. The van der Waals surface area contributed by atoms with Crippen LogP contribution in [0.25, 0.3) is 5.69 Å². The van der Waals surface area contributed by atoms with Gasteiger partial charge in [0.15, 0.2) is 0 Å². The first kappa shape index (κ1) is 14.8. The maximum absolute atomic E-state index is 4.52. The molecule has 0 spiro atoms. The summed E-state index contributed by atoms with van der Waals surface area (Å²) in [6, 6.07) is 10.7. The summed E-state index contributed by atoms with van der Waals surface area (Å²) in [7, 11) is 0. The highest BCUT2D eigenvalue weighted by Crippen LogP contribution is 2.27. The van der Waals surface area contributed by atoms with Gasteiger partial charge in [-0.15, -0.1) is 0 Å². The second kappa shape index (κ2) is 7.25. The second-order valence-corrected chi connectivity index (χ2v) is 5.17. The fourth-order valence-electron chi connectivity index (χ4n) is 2.76. The number of aromatic nitrogens is 2. The van der Waals surface area contributed by atoms with Crippen molar-refractivity contribution in [3.63, 3.8) is 0 Å². The number of nitrogens with zero attached hydrogens (tertiary/aromatic N) is 2. The highest BCUT2D eigenvalue weighted by atomic mass is 15.3. The zero-order valence-corrected chi connectivity index (χ0v) is 12.7. The summed E-state index contributed by atoms with van der Waals surface area (Å²) in [5, 5.41) is 8.13. The van der Waals surface area contributed by atoms with E-state index < -0.39 is 0 Å². The number of para-hydroxylation sites is 1. The molecule has 0 amide bonds. The lowest BCUT2D eigenvalue weighted by Gasteiger charge is -2.25. The van der Waals surface area contributed by atoms with Crippen LogP contribution in [0.4, 0.5) is 0 Å². The quantitative estimate of drug-likeness (QED) is 0.826. The molecule has 1 heterocycles. The van der Waals surface area contributed by atoms with Crippen molar-refractivity contribution in [1.82, 2.24) is 15.1 Å². The summed E-state index contributed by atoms with van der Waals surface area (Å²) >= 11 is 0. The highest BCUT2D eigenvalue weighted by Gasteiger charge is 2.20. The Morgan fingerprint density at radius 3 is 2.40 bits per heavy atom. The Balaban J connectivity index is 2.25. The fourth-order valence-corrected chi connectivity index (χ4v) is 2.76. The van der Waals surface area contributed by atoms with Crippen molar-refractivity contribution in [2.75, 3.05) is 6.54 Å². The van der Waals surface area contributed by atoms with E-state index in [1.165, 1.54) is 18.4 Å². The first-order valence-electron chi connectivity index (χ1n) is 7.63. The van der Waals surface area contributed by atoms with Gasteiger partial charge in [0, 0.05) is 17.8 Å². The van der Waals surface area contributed by atoms with Crippen molar-refractivity contribution in [2.45, 2.75) is 39.7 Å². The smallest absolute Gasteiger partial charge is 0.0645 e. The molecule has 0 saturated carbocycles. The standard InChI is InChI=1S/C17H25N3/c1-4-14(5-2)17(18-6-3)15-12-19-20(13-15)16-10-8-7-9-11-16/h7-14,17-18H,4-6H2,1-3H3. The van der Waals surface area contributed by atoms with E-state index in [-0.39, 0.29) is 0 Å². The van der Waals surface area contributed by atoms with Gasteiger partial charge in [-0.05, 0) is 24.6 Å².